The molecule has 1 aromatic heterocycles. The number of carbonyl (C=O) groups is 1. The van der Waals surface area contributed by atoms with Gasteiger partial charge in [-0.15, -0.1) is 0 Å². The fraction of sp³-hybridized carbons (Fsp3) is 0.364. The number of ether oxygens (including phenoxy) is 1. The van der Waals surface area contributed by atoms with Gasteiger partial charge in [0.1, 0.15) is 17.0 Å². The summed E-state index contributed by atoms with van der Waals surface area (Å²) in [6.07, 6.45) is 2.09. The lowest BCUT2D eigenvalue weighted by Crippen LogP contribution is -2.35. The highest BCUT2D eigenvalue weighted by Crippen LogP contribution is 2.31. The number of nitrogens with zero attached hydrogens (tertiary/aromatic N) is 3. The summed E-state index contributed by atoms with van der Waals surface area (Å²) in [6.45, 7) is 2.29. The van der Waals surface area contributed by atoms with Gasteiger partial charge in [-0.1, -0.05) is 12.1 Å². The number of nitrogens with one attached hydrogen (secondary N) is 1. The predicted molar refractivity (Wildman–Crippen MR) is 115 cm³/mol. The van der Waals surface area contributed by atoms with Gasteiger partial charge in [-0.05, 0) is 50.2 Å². The Labute approximate surface area is 179 Å². The number of rotatable bonds is 7. The fourth-order valence-electron chi connectivity index (χ4n) is 3.84. The van der Waals surface area contributed by atoms with Crippen LogP contribution in [0.5, 0.6) is 5.75 Å². The SMILES string of the molecule is COc1ccc(NC(=O)CCN2CCC(c3nc4ccccc4o3)CC2)c([N+](=O)[O-])c1. The van der Waals surface area contributed by atoms with Crippen molar-refractivity contribution in [3.63, 3.8) is 0 Å². The molecule has 2 aromatic carbocycles. The van der Waals surface area contributed by atoms with Gasteiger partial charge >= 0.3 is 0 Å². The van der Waals surface area contributed by atoms with E-state index >= 15 is 0 Å². The molecular formula is C22H24N4O5. The molecular weight excluding hydrogens is 400 g/mol. The molecule has 1 N–H and O–H groups in total. The molecule has 1 aliphatic heterocycles. The van der Waals surface area contributed by atoms with Crippen molar-refractivity contribution in [2.24, 2.45) is 0 Å². The summed E-state index contributed by atoms with van der Waals surface area (Å²) in [6, 6.07) is 12.1. The maximum Gasteiger partial charge on any atom is 0.296 e. The number of benzene rings is 2. The minimum Gasteiger partial charge on any atom is -0.496 e. The smallest absolute Gasteiger partial charge is 0.296 e. The van der Waals surface area contributed by atoms with Crippen molar-refractivity contribution in [1.29, 1.82) is 0 Å². The van der Waals surface area contributed by atoms with Gasteiger partial charge in [0, 0.05) is 18.9 Å². The molecule has 0 spiro atoms. The van der Waals surface area contributed by atoms with E-state index in [0.717, 1.165) is 42.9 Å². The van der Waals surface area contributed by atoms with Gasteiger partial charge in [0.2, 0.25) is 5.91 Å². The van der Waals surface area contributed by atoms with E-state index in [2.05, 4.69) is 15.2 Å². The summed E-state index contributed by atoms with van der Waals surface area (Å²) >= 11 is 0. The number of nitro groups is 1. The summed E-state index contributed by atoms with van der Waals surface area (Å²) in [5.74, 6) is 1.17. The normalized spacial score (nSPS) is 15.1. The quantitative estimate of drug-likeness (QED) is 0.451. The summed E-state index contributed by atoms with van der Waals surface area (Å²) in [5.41, 5.74) is 1.67. The maximum absolute atomic E-state index is 12.4. The van der Waals surface area contributed by atoms with Gasteiger partial charge in [-0.3, -0.25) is 14.9 Å². The van der Waals surface area contributed by atoms with Crippen LogP contribution in [0.1, 0.15) is 31.1 Å². The molecule has 0 unspecified atom stereocenters. The van der Waals surface area contributed by atoms with E-state index in [0.29, 0.717) is 12.3 Å². The number of carbonyl (C=O) groups excluding carboxylic acids is 1. The number of methoxy groups -OCH3 is 1. The zero-order chi connectivity index (χ0) is 21.8. The fourth-order valence-corrected chi connectivity index (χ4v) is 3.84. The van der Waals surface area contributed by atoms with Crippen LogP contribution in [0.4, 0.5) is 11.4 Å². The van der Waals surface area contributed by atoms with Gasteiger partial charge in [0.15, 0.2) is 11.5 Å². The Morgan fingerprint density at radius 1 is 1.29 bits per heavy atom. The van der Waals surface area contributed by atoms with Crippen LogP contribution in [0.3, 0.4) is 0 Å². The molecule has 2 heterocycles. The number of aromatic nitrogens is 1. The number of fused-ring (bicyclic) bond motifs is 1. The second-order valence-corrected chi connectivity index (χ2v) is 7.57. The summed E-state index contributed by atoms with van der Waals surface area (Å²) in [7, 11) is 1.44. The van der Waals surface area contributed by atoms with Crippen LogP contribution < -0.4 is 10.1 Å². The molecule has 0 saturated carbocycles. The number of hydrogen-bond acceptors (Lipinski definition) is 7. The molecule has 1 amide bonds. The van der Waals surface area contributed by atoms with E-state index in [1.807, 2.05) is 24.3 Å². The molecule has 0 bridgehead atoms. The number of likely N-dealkylation sites (tertiary alicyclic amines) is 1. The average molecular weight is 424 g/mol. The van der Waals surface area contributed by atoms with Crippen molar-refractivity contribution in [2.75, 3.05) is 32.1 Å². The average Bonchev–Trinajstić information content (AvgIpc) is 3.22. The molecule has 31 heavy (non-hydrogen) atoms. The van der Waals surface area contributed by atoms with Gasteiger partial charge in [-0.2, -0.15) is 0 Å². The molecule has 1 saturated heterocycles. The van der Waals surface area contributed by atoms with E-state index in [9.17, 15) is 14.9 Å². The molecule has 162 valence electrons. The summed E-state index contributed by atoms with van der Waals surface area (Å²) in [5, 5.41) is 13.9. The van der Waals surface area contributed by atoms with E-state index in [4.69, 9.17) is 9.15 Å². The Balaban J connectivity index is 1.28. The van der Waals surface area contributed by atoms with Gasteiger partial charge in [0.05, 0.1) is 18.1 Å². The van der Waals surface area contributed by atoms with Crippen LogP contribution in [0.25, 0.3) is 11.1 Å². The van der Waals surface area contributed by atoms with Crippen molar-refractivity contribution in [3.8, 4) is 5.75 Å². The molecule has 0 aliphatic carbocycles. The first kappa shape index (κ1) is 20.8. The van der Waals surface area contributed by atoms with Gasteiger partial charge in [-0.25, -0.2) is 4.98 Å². The third-order valence-electron chi connectivity index (χ3n) is 5.58. The number of oxazole rings is 1. The van der Waals surface area contributed by atoms with Crippen molar-refractivity contribution in [3.05, 3.63) is 58.5 Å². The molecule has 1 fully saturated rings. The van der Waals surface area contributed by atoms with Gasteiger partial charge < -0.3 is 19.4 Å². The first-order chi connectivity index (χ1) is 15.0. The number of piperidine rings is 1. The number of amides is 1. The highest BCUT2D eigenvalue weighted by Gasteiger charge is 2.25. The Hall–Kier alpha value is -3.46. The Kier molecular flexibility index (Phi) is 6.13. The zero-order valence-electron chi connectivity index (χ0n) is 17.2. The highest BCUT2D eigenvalue weighted by molar-refractivity contribution is 5.93. The van der Waals surface area contributed by atoms with Crippen molar-refractivity contribution in [1.82, 2.24) is 9.88 Å². The lowest BCUT2D eigenvalue weighted by atomic mass is 9.96. The standard InChI is InChI=1S/C22H24N4O5/c1-30-16-6-7-17(19(14-16)26(28)29)23-21(27)10-13-25-11-8-15(9-12-25)22-24-18-4-2-3-5-20(18)31-22/h2-7,14-15H,8-13H2,1H3,(H,23,27). The minimum absolute atomic E-state index is 0.172. The molecule has 9 heteroatoms. The molecule has 3 aromatic rings. The largest absolute Gasteiger partial charge is 0.496 e. The molecule has 9 nitrogen and oxygen atoms in total. The van der Waals surface area contributed by atoms with E-state index in [-0.39, 0.29) is 29.6 Å². The Bertz CT molecular complexity index is 1060. The van der Waals surface area contributed by atoms with Crippen LogP contribution in [0.2, 0.25) is 0 Å². The van der Waals surface area contributed by atoms with Gasteiger partial charge in [0.25, 0.3) is 5.69 Å². The third kappa shape index (κ3) is 4.83. The number of anilines is 1. The number of para-hydroxylation sites is 2. The first-order valence-electron chi connectivity index (χ1n) is 10.2. The summed E-state index contributed by atoms with van der Waals surface area (Å²) in [4.78, 5) is 29.9. The second kappa shape index (κ2) is 9.13. The van der Waals surface area contributed by atoms with Crippen LogP contribution >= 0.6 is 0 Å². The van der Waals surface area contributed by atoms with E-state index in [1.54, 1.807) is 6.07 Å². The number of hydrogen-bond donors (Lipinski definition) is 1. The molecule has 0 atom stereocenters. The maximum atomic E-state index is 12.4. The minimum atomic E-state index is -0.533. The lowest BCUT2D eigenvalue weighted by molar-refractivity contribution is -0.384. The highest BCUT2D eigenvalue weighted by atomic mass is 16.6. The van der Waals surface area contributed by atoms with Crippen LogP contribution in [-0.4, -0.2) is 47.5 Å². The van der Waals surface area contributed by atoms with Crippen molar-refractivity contribution in [2.45, 2.75) is 25.2 Å². The van der Waals surface area contributed by atoms with Crippen LogP contribution in [0, 0.1) is 10.1 Å². The van der Waals surface area contributed by atoms with E-state index in [1.165, 1.54) is 19.2 Å². The molecule has 0 radical (unpaired) electrons. The molecule has 1 aliphatic rings. The first-order valence-corrected chi connectivity index (χ1v) is 10.2. The zero-order valence-corrected chi connectivity index (χ0v) is 17.2. The van der Waals surface area contributed by atoms with E-state index < -0.39 is 4.92 Å². The third-order valence-corrected chi connectivity index (χ3v) is 5.58. The lowest BCUT2D eigenvalue weighted by Gasteiger charge is -2.30. The molecule has 4 rings (SSSR count). The van der Waals surface area contributed by atoms with Crippen molar-refractivity contribution < 1.29 is 18.9 Å². The monoisotopic (exact) mass is 424 g/mol. The Morgan fingerprint density at radius 3 is 2.77 bits per heavy atom. The number of nitro benzene ring substituents is 1. The van der Waals surface area contributed by atoms with Crippen molar-refractivity contribution >= 4 is 28.4 Å². The van der Waals surface area contributed by atoms with Crippen LogP contribution in [-0.2, 0) is 4.79 Å². The summed E-state index contributed by atoms with van der Waals surface area (Å²) < 4.78 is 10.9. The Morgan fingerprint density at radius 2 is 2.06 bits per heavy atom. The second-order valence-electron chi connectivity index (χ2n) is 7.57. The predicted octanol–water partition coefficient (Wildman–Crippen LogP) is 3.95. The topological polar surface area (TPSA) is 111 Å². The van der Waals surface area contributed by atoms with Crippen LogP contribution in [0.15, 0.2) is 46.9 Å².